The molecule has 0 aliphatic rings. The quantitative estimate of drug-likeness (QED) is 0.456. The molecule has 5 nitrogen and oxygen atoms in total. The molecule has 0 bridgehead atoms. The minimum Gasteiger partial charge on any atom is -0.341 e. The Morgan fingerprint density at radius 1 is 1.40 bits per heavy atom. The smallest absolute Gasteiger partial charge is 0.324 e. The molecule has 0 unspecified atom stereocenters. The molecule has 0 aromatic carbocycles. The Labute approximate surface area is 59.6 Å². The van der Waals surface area contributed by atoms with Crippen LogP contribution in [-0.4, -0.2) is 24.2 Å². The predicted octanol–water partition coefficient (Wildman–Crippen LogP) is -0.390. The Kier molecular flexibility index (Phi) is 5.06. The average Bonchev–Trinajstić information content (AvgIpc) is 2.15. The molecule has 1 aromatic rings. The molecule has 0 aliphatic heterocycles. The maximum atomic E-state index is 7.23. The summed E-state index contributed by atoms with van der Waals surface area (Å²) in [5, 5.41) is 0. The molecule has 0 atom stereocenters. The zero-order valence-electron chi connectivity index (χ0n) is 5.42. The predicted molar refractivity (Wildman–Crippen MR) is 36.8 cm³/mol. The van der Waals surface area contributed by atoms with Gasteiger partial charge in [0.25, 0.3) is 0 Å². The number of aromatic nitrogens is 2. The first kappa shape index (κ1) is 9.52. The molecule has 0 radical (unpaired) electrons. The van der Waals surface area contributed by atoms with Crippen molar-refractivity contribution in [1.82, 2.24) is 9.55 Å². The molecule has 0 fully saturated rings. The van der Waals surface area contributed by atoms with Crippen molar-refractivity contribution in [2.75, 3.05) is 0 Å². The van der Waals surface area contributed by atoms with E-state index in [1.54, 1.807) is 12.5 Å². The fraction of sp³-hybridized carbons (Fsp3) is 0.250. The van der Waals surface area contributed by atoms with Crippen molar-refractivity contribution in [2.45, 2.75) is 0 Å². The summed E-state index contributed by atoms with van der Waals surface area (Å²) in [7, 11) is -0.683. The first-order chi connectivity index (χ1) is 4.63. The molecular formula is C4H9N2O3P. The highest BCUT2D eigenvalue weighted by molar-refractivity contribution is 7.38. The summed E-state index contributed by atoms with van der Waals surface area (Å²) in [6, 6.07) is 0. The van der Waals surface area contributed by atoms with Gasteiger partial charge < -0.3 is 19.2 Å². The second kappa shape index (κ2) is 5.32. The highest BCUT2D eigenvalue weighted by atomic mass is 31.2. The number of hydrogen-bond donors (Lipinski definition) is 3. The van der Waals surface area contributed by atoms with E-state index in [1.165, 1.54) is 0 Å². The number of aryl methyl sites for hydroxylation is 1. The fourth-order valence-electron chi connectivity index (χ4n) is 0.326. The van der Waals surface area contributed by atoms with Gasteiger partial charge in [-0.05, 0) is 0 Å². The van der Waals surface area contributed by atoms with Gasteiger partial charge in [-0.15, -0.1) is 0 Å². The van der Waals surface area contributed by atoms with Crippen LogP contribution >= 0.6 is 8.60 Å². The Hall–Kier alpha value is -0.480. The van der Waals surface area contributed by atoms with Gasteiger partial charge in [-0.2, -0.15) is 0 Å². The van der Waals surface area contributed by atoms with Crippen molar-refractivity contribution < 1.29 is 14.7 Å². The Morgan fingerprint density at radius 3 is 2.00 bits per heavy atom. The number of nitrogens with zero attached hydrogens (tertiary/aromatic N) is 2. The van der Waals surface area contributed by atoms with Crippen molar-refractivity contribution in [2.24, 2.45) is 7.05 Å². The fourth-order valence-corrected chi connectivity index (χ4v) is 0.326. The van der Waals surface area contributed by atoms with Crippen molar-refractivity contribution in [3.05, 3.63) is 18.7 Å². The highest BCUT2D eigenvalue weighted by Gasteiger charge is 1.76. The average molecular weight is 164 g/mol. The van der Waals surface area contributed by atoms with Crippen LogP contribution in [0.25, 0.3) is 0 Å². The van der Waals surface area contributed by atoms with Crippen LogP contribution < -0.4 is 0 Å². The van der Waals surface area contributed by atoms with Crippen LogP contribution in [0.5, 0.6) is 0 Å². The Balaban J connectivity index is 0.000000180. The van der Waals surface area contributed by atoms with Gasteiger partial charge in [0.2, 0.25) is 0 Å². The van der Waals surface area contributed by atoms with Gasteiger partial charge in [0.15, 0.2) is 0 Å². The maximum absolute atomic E-state index is 7.23. The summed E-state index contributed by atoms with van der Waals surface area (Å²) in [5.74, 6) is 0. The lowest BCUT2D eigenvalue weighted by atomic mass is 10.9. The number of imidazole rings is 1. The summed E-state index contributed by atoms with van der Waals surface area (Å²) in [6.07, 6.45) is 5.39. The third-order valence-corrected chi connectivity index (χ3v) is 0.637. The summed E-state index contributed by atoms with van der Waals surface area (Å²) >= 11 is 0. The lowest BCUT2D eigenvalue weighted by Crippen LogP contribution is -1.76. The van der Waals surface area contributed by atoms with Crippen LogP contribution in [0.3, 0.4) is 0 Å². The third-order valence-electron chi connectivity index (χ3n) is 0.637. The van der Waals surface area contributed by atoms with E-state index < -0.39 is 8.60 Å². The van der Waals surface area contributed by atoms with Gasteiger partial charge in [-0.25, -0.2) is 4.98 Å². The van der Waals surface area contributed by atoms with E-state index >= 15 is 0 Å². The molecule has 1 rings (SSSR count). The van der Waals surface area contributed by atoms with E-state index in [1.807, 2.05) is 17.8 Å². The van der Waals surface area contributed by atoms with Gasteiger partial charge in [-0.3, -0.25) is 0 Å². The molecule has 10 heavy (non-hydrogen) atoms. The molecular weight excluding hydrogens is 155 g/mol. The first-order valence-electron chi connectivity index (χ1n) is 2.41. The molecule has 1 heterocycles. The lowest BCUT2D eigenvalue weighted by molar-refractivity contribution is 0.368. The van der Waals surface area contributed by atoms with E-state index in [0.717, 1.165) is 0 Å². The van der Waals surface area contributed by atoms with E-state index in [-0.39, 0.29) is 0 Å². The molecule has 0 aliphatic carbocycles. The zero-order chi connectivity index (χ0) is 7.98. The Bertz CT molecular complexity index is 151. The van der Waals surface area contributed by atoms with Gasteiger partial charge in [0.05, 0.1) is 6.33 Å². The van der Waals surface area contributed by atoms with Crippen molar-refractivity contribution in [3.8, 4) is 0 Å². The molecule has 58 valence electrons. The summed E-state index contributed by atoms with van der Waals surface area (Å²) in [4.78, 5) is 25.5. The topological polar surface area (TPSA) is 78.5 Å². The van der Waals surface area contributed by atoms with Crippen LogP contribution in [0.4, 0.5) is 0 Å². The van der Waals surface area contributed by atoms with Gasteiger partial charge in [-0.1, -0.05) is 0 Å². The normalized spacial score (nSPS) is 8.90. The molecule has 0 amide bonds. The molecule has 6 heteroatoms. The van der Waals surface area contributed by atoms with Gasteiger partial charge in [0, 0.05) is 19.4 Å². The standard InChI is InChI=1S/C4H6N2.H3O3P/c1-6-3-2-5-4-6;1-4(2)3/h2-4H,1H3;1-3H. The maximum Gasteiger partial charge on any atom is 0.324 e. The summed E-state index contributed by atoms with van der Waals surface area (Å²) in [5.41, 5.74) is 0. The molecule has 0 saturated heterocycles. The SMILES string of the molecule is Cn1ccnc1.OP(O)O. The summed E-state index contributed by atoms with van der Waals surface area (Å²) in [6.45, 7) is 0. The van der Waals surface area contributed by atoms with Gasteiger partial charge in [0.1, 0.15) is 0 Å². The molecule has 0 spiro atoms. The van der Waals surface area contributed by atoms with Crippen LogP contribution in [0.2, 0.25) is 0 Å². The van der Waals surface area contributed by atoms with E-state index in [4.69, 9.17) is 14.7 Å². The monoisotopic (exact) mass is 164 g/mol. The van der Waals surface area contributed by atoms with Crippen LogP contribution in [0, 0.1) is 0 Å². The number of rotatable bonds is 0. The summed E-state index contributed by atoms with van der Waals surface area (Å²) < 4.78 is 1.89. The zero-order valence-corrected chi connectivity index (χ0v) is 6.31. The highest BCUT2D eigenvalue weighted by Crippen LogP contribution is 2.11. The first-order valence-corrected chi connectivity index (χ1v) is 3.61. The molecule has 3 N–H and O–H groups in total. The van der Waals surface area contributed by atoms with Crippen LogP contribution in [0.15, 0.2) is 18.7 Å². The second-order valence-corrected chi connectivity index (χ2v) is 2.03. The molecule has 0 saturated carbocycles. The lowest BCUT2D eigenvalue weighted by Gasteiger charge is -1.76. The largest absolute Gasteiger partial charge is 0.341 e. The third kappa shape index (κ3) is 7.52. The molecule has 1 aromatic heterocycles. The van der Waals surface area contributed by atoms with E-state index in [9.17, 15) is 0 Å². The Morgan fingerprint density at radius 2 is 1.90 bits per heavy atom. The van der Waals surface area contributed by atoms with Crippen molar-refractivity contribution in [3.63, 3.8) is 0 Å². The van der Waals surface area contributed by atoms with E-state index in [0.29, 0.717) is 0 Å². The minimum absolute atomic E-state index is 1.75. The number of hydrogen-bond acceptors (Lipinski definition) is 4. The van der Waals surface area contributed by atoms with Crippen LogP contribution in [0.1, 0.15) is 0 Å². The van der Waals surface area contributed by atoms with Crippen molar-refractivity contribution in [1.29, 1.82) is 0 Å². The van der Waals surface area contributed by atoms with Gasteiger partial charge >= 0.3 is 8.60 Å². The second-order valence-electron chi connectivity index (χ2n) is 1.50. The van der Waals surface area contributed by atoms with Crippen molar-refractivity contribution >= 4 is 8.60 Å². The van der Waals surface area contributed by atoms with Crippen LogP contribution in [-0.2, 0) is 7.05 Å². The minimum atomic E-state index is -2.62. The van der Waals surface area contributed by atoms with E-state index in [2.05, 4.69) is 4.98 Å².